The molecule has 0 bridgehead atoms. The van der Waals surface area contributed by atoms with Crippen LogP contribution >= 0.6 is 0 Å². The first-order valence-electron chi connectivity index (χ1n) is 12.1. The summed E-state index contributed by atoms with van der Waals surface area (Å²) < 4.78 is 14.8. The number of halogens is 1. The van der Waals surface area contributed by atoms with Crippen LogP contribution in [0.4, 0.5) is 10.1 Å². The van der Waals surface area contributed by atoms with E-state index >= 15 is 0 Å². The van der Waals surface area contributed by atoms with E-state index in [9.17, 15) is 14.0 Å². The van der Waals surface area contributed by atoms with Crippen LogP contribution in [0.25, 0.3) is 0 Å². The van der Waals surface area contributed by atoms with E-state index in [2.05, 4.69) is 17.1 Å². The van der Waals surface area contributed by atoms with Gasteiger partial charge >= 0.3 is 0 Å². The number of anilines is 1. The maximum absolute atomic E-state index is 14.8. The summed E-state index contributed by atoms with van der Waals surface area (Å²) in [6.07, 6.45) is 4.61. The lowest BCUT2D eigenvalue weighted by Gasteiger charge is -2.41. The molecule has 2 aromatic rings. The van der Waals surface area contributed by atoms with Crippen molar-refractivity contribution in [2.24, 2.45) is 5.92 Å². The van der Waals surface area contributed by atoms with E-state index < -0.39 is 0 Å². The average Bonchev–Trinajstić information content (AvgIpc) is 3.34. The van der Waals surface area contributed by atoms with Crippen LogP contribution in [0.3, 0.4) is 0 Å². The van der Waals surface area contributed by atoms with Crippen LogP contribution in [-0.2, 0) is 22.6 Å². The number of hydrogen-bond acceptors (Lipinski definition) is 3. The van der Waals surface area contributed by atoms with E-state index in [0.717, 1.165) is 49.9 Å². The Morgan fingerprint density at radius 1 is 1.06 bits per heavy atom. The number of benzene rings is 2. The van der Waals surface area contributed by atoms with Crippen LogP contribution in [0.2, 0.25) is 0 Å². The van der Waals surface area contributed by atoms with Crippen molar-refractivity contribution >= 4 is 17.5 Å². The summed E-state index contributed by atoms with van der Waals surface area (Å²) in [5.41, 5.74) is 2.95. The maximum atomic E-state index is 14.8. The number of amides is 2. The SMILES string of the molecule is Cc1c(NC(=O)Cc2ccccc2)ccc(F)c1CN1CCN(C(=O)C2CCCC2)C(C)C1. The lowest BCUT2D eigenvalue weighted by atomic mass is 10.0. The van der Waals surface area contributed by atoms with Crippen molar-refractivity contribution in [3.05, 3.63) is 65.0 Å². The standard InChI is InChI=1S/C27H34FN3O2/c1-19-17-30(14-15-31(19)27(33)22-10-6-7-11-22)18-23-20(2)25(13-12-24(23)28)29-26(32)16-21-8-4-3-5-9-21/h3-5,8-9,12-13,19,22H,6-7,10-11,14-18H2,1-2H3,(H,29,32). The average molecular weight is 452 g/mol. The van der Waals surface area contributed by atoms with Gasteiger partial charge in [-0.05, 0) is 49.9 Å². The van der Waals surface area contributed by atoms with Gasteiger partial charge in [-0.2, -0.15) is 0 Å². The van der Waals surface area contributed by atoms with Gasteiger partial charge in [0.1, 0.15) is 5.82 Å². The Labute approximate surface area is 196 Å². The summed E-state index contributed by atoms with van der Waals surface area (Å²) in [5, 5.41) is 2.95. The first kappa shape index (κ1) is 23.4. The molecule has 6 heteroatoms. The van der Waals surface area contributed by atoms with Crippen LogP contribution in [0.1, 0.15) is 49.3 Å². The van der Waals surface area contributed by atoms with Gasteiger partial charge in [-0.25, -0.2) is 4.39 Å². The molecule has 0 aromatic heterocycles. The fraction of sp³-hybridized carbons (Fsp3) is 0.481. The maximum Gasteiger partial charge on any atom is 0.228 e. The lowest BCUT2D eigenvalue weighted by molar-refractivity contribution is -0.140. The summed E-state index contributed by atoms with van der Waals surface area (Å²) in [7, 11) is 0. The van der Waals surface area contributed by atoms with Gasteiger partial charge in [0.15, 0.2) is 0 Å². The fourth-order valence-corrected chi connectivity index (χ4v) is 5.16. The summed E-state index contributed by atoms with van der Waals surface area (Å²) in [6, 6.07) is 12.8. The molecule has 0 spiro atoms. The Kier molecular flexibility index (Phi) is 7.43. The minimum absolute atomic E-state index is 0.115. The minimum Gasteiger partial charge on any atom is -0.337 e. The predicted octanol–water partition coefficient (Wildman–Crippen LogP) is 4.54. The summed E-state index contributed by atoms with van der Waals surface area (Å²) in [6.45, 7) is 6.55. The Morgan fingerprint density at radius 2 is 1.79 bits per heavy atom. The van der Waals surface area contributed by atoms with Crippen LogP contribution < -0.4 is 5.32 Å². The number of rotatable bonds is 6. The Balaban J connectivity index is 1.39. The third kappa shape index (κ3) is 5.61. The van der Waals surface area contributed by atoms with E-state index in [-0.39, 0.29) is 30.1 Å². The van der Waals surface area contributed by atoms with Gasteiger partial charge in [-0.1, -0.05) is 43.2 Å². The summed E-state index contributed by atoms with van der Waals surface area (Å²) in [4.78, 5) is 29.6. The van der Waals surface area contributed by atoms with Gasteiger partial charge in [0.05, 0.1) is 6.42 Å². The normalized spacial score (nSPS) is 19.6. The number of nitrogens with zero attached hydrogens (tertiary/aromatic N) is 2. The largest absolute Gasteiger partial charge is 0.337 e. The van der Waals surface area contributed by atoms with Gasteiger partial charge in [-0.3, -0.25) is 14.5 Å². The van der Waals surface area contributed by atoms with Crippen LogP contribution in [-0.4, -0.2) is 47.3 Å². The fourth-order valence-electron chi connectivity index (χ4n) is 5.16. The number of carbonyl (C=O) groups is 2. The molecule has 176 valence electrons. The molecule has 1 saturated carbocycles. The Hall–Kier alpha value is -2.73. The number of carbonyl (C=O) groups excluding carboxylic acids is 2. The van der Waals surface area contributed by atoms with E-state index in [0.29, 0.717) is 30.2 Å². The molecule has 1 saturated heterocycles. The lowest BCUT2D eigenvalue weighted by Crippen LogP contribution is -2.54. The number of nitrogens with one attached hydrogen (secondary N) is 1. The molecule has 1 aliphatic heterocycles. The molecular formula is C27H34FN3O2. The van der Waals surface area contributed by atoms with Crippen molar-refractivity contribution < 1.29 is 14.0 Å². The molecule has 2 aliphatic rings. The second kappa shape index (κ2) is 10.5. The first-order chi connectivity index (χ1) is 15.9. The quantitative estimate of drug-likeness (QED) is 0.702. The number of hydrogen-bond donors (Lipinski definition) is 1. The molecule has 2 amide bonds. The molecule has 0 radical (unpaired) electrons. The van der Waals surface area contributed by atoms with Crippen LogP contribution in [0.5, 0.6) is 0 Å². The molecule has 5 nitrogen and oxygen atoms in total. The van der Waals surface area contributed by atoms with Gasteiger partial charge in [0.25, 0.3) is 0 Å². The second-order valence-corrected chi connectivity index (χ2v) is 9.51. The zero-order chi connectivity index (χ0) is 23.4. The molecule has 2 fully saturated rings. The summed E-state index contributed by atoms with van der Waals surface area (Å²) in [5.74, 6) is 0.111. The predicted molar refractivity (Wildman–Crippen MR) is 128 cm³/mol. The molecule has 1 atom stereocenters. The summed E-state index contributed by atoms with van der Waals surface area (Å²) >= 11 is 0. The van der Waals surface area contributed by atoms with E-state index in [1.165, 1.54) is 6.07 Å². The molecule has 4 rings (SSSR count). The van der Waals surface area contributed by atoms with Crippen molar-refractivity contribution in [2.45, 2.75) is 58.5 Å². The van der Waals surface area contributed by atoms with E-state index in [1.807, 2.05) is 42.2 Å². The third-order valence-corrected chi connectivity index (χ3v) is 7.10. The van der Waals surface area contributed by atoms with Crippen molar-refractivity contribution in [2.75, 3.05) is 25.0 Å². The molecule has 2 aromatic carbocycles. The monoisotopic (exact) mass is 451 g/mol. The molecule has 1 heterocycles. The molecule has 1 N–H and O–H groups in total. The Morgan fingerprint density at radius 3 is 2.48 bits per heavy atom. The highest BCUT2D eigenvalue weighted by molar-refractivity contribution is 5.93. The molecule has 1 aliphatic carbocycles. The van der Waals surface area contributed by atoms with E-state index in [1.54, 1.807) is 6.07 Å². The van der Waals surface area contributed by atoms with Crippen LogP contribution in [0, 0.1) is 18.7 Å². The Bertz CT molecular complexity index is 988. The van der Waals surface area contributed by atoms with Crippen molar-refractivity contribution in [1.82, 2.24) is 9.80 Å². The zero-order valence-electron chi connectivity index (χ0n) is 19.6. The second-order valence-electron chi connectivity index (χ2n) is 9.51. The smallest absolute Gasteiger partial charge is 0.228 e. The molecular weight excluding hydrogens is 417 g/mol. The van der Waals surface area contributed by atoms with Crippen molar-refractivity contribution in [3.63, 3.8) is 0 Å². The molecule has 33 heavy (non-hydrogen) atoms. The van der Waals surface area contributed by atoms with Gasteiger partial charge < -0.3 is 10.2 Å². The number of piperazine rings is 1. The highest BCUT2D eigenvalue weighted by atomic mass is 19.1. The van der Waals surface area contributed by atoms with Crippen LogP contribution in [0.15, 0.2) is 42.5 Å². The minimum atomic E-state index is -0.259. The van der Waals surface area contributed by atoms with Gasteiger partial charge in [0.2, 0.25) is 11.8 Å². The zero-order valence-corrected chi connectivity index (χ0v) is 19.6. The van der Waals surface area contributed by atoms with Crippen molar-refractivity contribution in [1.29, 1.82) is 0 Å². The molecule has 1 unspecified atom stereocenters. The topological polar surface area (TPSA) is 52.7 Å². The van der Waals surface area contributed by atoms with Gasteiger partial charge in [0, 0.05) is 49.4 Å². The highest BCUT2D eigenvalue weighted by Gasteiger charge is 2.33. The van der Waals surface area contributed by atoms with Gasteiger partial charge in [-0.15, -0.1) is 0 Å². The third-order valence-electron chi connectivity index (χ3n) is 7.10. The van der Waals surface area contributed by atoms with E-state index in [4.69, 9.17) is 0 Å². The first-order valence-corrected chi connectivity index (χ1v) is 12.1. The van der Waals surface area contributed by atoms with Crippen molar-refractivity contribution in [3.8, 4) is 0 Å². The highest BCUT2D eigenvalue weighted by Crippen LogP contribution is 2.29.